The topological polar surface area (TPSA) is 52.9 Å². The van der Waals surface area contributed by atoms with Crippen LogP contribution in [0.5, 0.6) is 0 Å². The number of carbonyl (C=O) groups excluding carboxylic acids is 1. The van der Waals surface area contributed by atoms with Crippen LogP contribution in [0.3, 0.4) is 0 Å². The van der Waals surface area contributed by atoms with Crippen molar-refractivity contribution < 1.29 is 9.90 Å². The normalized spacial score (nSPS) is 43.4. The minimum atomic E-state index is -0.929. The Morgan fingerprint density at radius 3 is 3.00 bits per heavy atom. The number of benzene rings is 1. The summed E-state index contributed by atoms with van der Waals surface area (Å²) in [5, 5.41) is 11.5. The van der Waals surface area contributed by atoms with Gasteiger partial charge in [-0.15, -0.1) is 0 Å². The van der Waals surface area contributed by atoms with E-state index < -0.39 is 5.60 Å². The van der Waals surface area contributed by atoms with E-state index in [4.69, 9.17) is 4.99 Å². The summed E-state index contributed by atoms with van der Waals surface area (Å²) in [7, 11) is 0. The van der Waals surface area contributed by atoms with Gasteiger partial charge in [-0.05, 0) is 38.2 Å². The second kappa shape index (κ2) is 4.52. The molecule has 0 radical (unpaired) electrons. The van der Waals surface area contributed by atoms with Crippen LogP contribution in [0.4, 0.5) is 5.69 Å². The first-order valence-electron chi connectivity index (χ1n) is 8.73. The second-order valence-electron chi connectivity index (χ2n) is 7.77. The molecule has 1 saturated carbocycles. The summed E-state index contributed by atoms with van der Waals surface area (Å²) in [5.41, 5.74) is 1.88. The SMILES string of the molecule is CC(=O)C1CC2CC3C4=Nc5ccccc5[C@]4(O)CCN(C2)[C@@H]13. The number of aliphatic hydroxyl groups is 1. The molecule has 4 heteroatoms. The van der Waals surface area contributed by atoms with E-state index in [0.717, 1.165) is 42.9 Å². The van der Waals surface area contributed by atoms with Gasteiger partial charge in [0.15, 0.2) is 0 Å². The first-order chi connectivity index (χ1) is 11.1. The average molecular weight is 310 g/mol. The third-order valence-electron chi connectivity index (χ3n) is 6.56. The molecular weight excluding hydrogens is 288 g/mol. The maximum absolute atomic E-state index is 12.2. The summed E-state index contributed by atoms with van der Waals surface area (Å²) in [6, 6.07) is 8.21. The lowest BCUT2D eigenvalue weighted by Crippen LogP contribution is -2.60. The van der Waals surface area contributed by atoms with Crippen LogP contribution in [0.2, 0.25) is 0 Å². The number of hydrogen-bond acceptors (Lipinski definition) is 4. The highest BCUT2D eigenvalue weighted by Gasteiger charge is 2.57. The van der Waals surface area contributed by atoms with Gasteiger partial charge in [0.2, 0.25) is 0 Å². The van der Waals surface area contributed by atoms with Crippen LogP contribution in [0.25, 0.3) is 0 Å². The Morgan fingerprint density at radius 2 is 2.17 bits per heavy atom. The molecule has 3 saturated heterocycles. The zero-order valence-electron chi connectivity index (χ0n) is 13.4. The molecule has 4 bridgehead atoms. The Morgan fingerprint density at radius 1 is 1.35 bits per heavy atom. The van der Waals surface area contributed by atoms with Crippen LogP contribution < -0.4 is 0 Å². The summed E-state index contributed by atoms with van der Waals surface area (Å²) < 4.78 is 0. The zero-order chi connectivity index (χ0) is 15.8. The standard InChI is InChI=1S/C19H22N2O2/c1-11(22)13-8-12-9-14-17(13)21(10-12)7-6-19(23)15-4-2-3-5-16(15)20-18(14)19/h2-5,12-14,17,23H,6-10H2,1H3/t12?,13?,14?,17-,19+/m0/s1. The largest absolute Gasteiger partial charge is 0.379 e. The fourth-order valence-corrected chi connectivity index (χ4v) is 5.64. The van der Waals surface area contributed by atoms with Gasteiger partial charge in [-0.3, -0.25) is 14.7 Å². The fourth-order valence-electron chi connectivity index (χ4n) is 5.64. The summed E-state index contributed by atoms with van der Waals surface area (Å²) in [6.07, 6.45) is 2.78. The molecule has 4 heterocycles. The highest BCUT2D eigenvalue weighted by atomic mass is 16.3. The van der Waals surface area contributed by atoms with Gasteiger partial charge in [0, 0.05) is 36.5 Å². The first kappa shape index (κ1) is 13.9. The van der Waals surface area contributed by atoms with Crippen LogP contribution in [-0.2, 0) is 10.4 Å². The lowest BCUT2D eigenvalue weighted by atomic mass is 9.63. The molecule has 1 aromatic carbocycles. The van der Waals surface area contributed by atoms with Gasteiger partial charge < -0.3 is 5.11 Å². The minimum Gasteiger partial charge on any atom is -0.379 e. The molecule has 1 aliphatic carbocycles. The van der Waals surface area contributed by atoms with Gasteiger partial charge in [-0.25, -0.2) is 0 Å². The molecule has 5 aliphatic rings. The molecule has 6 atom stereocenters. The Balaban J connectivity index is 1.65. The minimum absolute atomic E-state index is 0.112. The van der Waals surface area contributed by atoms with E-state index in [1.165, 1.54) is 0 Å². The number of ketones is 1. The zero-order valence-corrected chi connectivity index (χ0v) is 13.4. The van der Waals surface area contributed by atoms with Gasteiger partial charge >= 0.3 is 0 Å². The average Bonchev–Trinajstić information content (AvgIpc) is 2.82. The number of Topliss-reactive ketones (excluding diaryl/α,β-unsaturated/α-hetero) is 1. The second-order valence-corrected chi connectivity index (χ2v) is 7.77. The molecule has 4 aliphatic heterocycles. The van der Waals surface area contributed by atoms with E-state index in [1.807, 2.05) is 24.3 Å². The molecule has 0 aromatic heterocycles. The molecular formula is C19H22N2O2. The lowest BCUT2D eigenvalue weighted by Gasteiger charge is -2.52. The Kier molecular flexibility index (Phi) is 2.73. The Labute approximate surface area is 136 Å². The number of aliphatic imine (C=N–C) groups is 1. The van der Waals surface area contributed by atoms with E-state index in [-0.39, 0.29) is 17.9 Å². The van der Waals surface area contributed by atoms with Gasteiger partial charge in [-0.2, -0.15) is 0 Å². The number of para-hydroxylation sites is 1. The van der Waals surface area contributed by atoms with Crippen molar-refractivity contribution in [1.29, 1.82) is 0 Å². The van der Waals surface area contributed by atoms with Crippen molar-refractivity contribution in [3.8, 4) is 0 Å². The smallest absolute Gasteiger partial charge is 0.134 e. The highest BCUT2D eigenvalue weighted by Crippen LogP contribution is 2.52. The van der Waals surface area contributed by atoms with E-state index >= 15 is 0 Å². The van der Waals surface area contributed by atoms with E-state index in [0.29, 0.717) is 18.1 Å². The van der Waals surface area contributed by atoms with Crippen molar-refractivity contribution in [3.05, 3.63) is 29.8 Å². The monoisotopic (exact) mass is 310 g/mol. The van der Waals surface area contributed by atoms with Crippen LogP contribution >= 0.6 is 0 Å². The van der Waals surface area contributed by atoms with Gasteiger partial charge in [0.1, 0.15) is 11.4 Å². The van der Waals surface area contributed by atoms with Gasteiger partial charge in [0.25, 0.3) is 0 Å². The maximum atomic E-state index is 12.2. The number of fused-ring (bicyclic) bond motifs is 4. The van der Waals surface area contributed by atoms with Crippen LogP contribution in [0.1, 0.15) is 31.7 Å². The van der Waals surface area contributed by atoms with Crippen molar-refractivity contribution in [1.82, 2.24) is 4.90 Å². The van der Waals surface area contributed by atoms with Gasteiger partial charge in [0.05, 0.1) is 11.4 Å². The molecule has 6 rings (SSSR count). The number of hydrogen-bond donors (Lipinski definition) is 1. The van der Waals surface area contributed by atoms with E-state index in [2.05, 4.69) is 4.90 Å². The highest BCUT2D eigenvalue weighted by molar-refractivity contribution is 6.03. The predicted octanol–water partition coefficient (Wildman–Crippen LogP) is 2.28. The molecule has 120 valence electrons. The van der Waals surface area contributed by atoms with E-state index in [9.17, 15) is 9.90 Å². The van der Waals surface area contributed by atoms with Gasteiger partial charge in [-0.1, -0.05) is 18.2 Å². The van der Waals surface area contributed by atoms with Crippen molar-refractivity contribution >= 4 is 17.2 Å². The summed E-state index contributed by atoms with van der Waals surface area (Å²) in [5.74, 6) is 1.20. The van der Waals surface area contributed by atoms with Crippen molar-refractivity contribution in [2.75, 3.05) is 13.1 Å². The molecule has 0 amide bonds. The third kappa shape index (κ3) is 1.74. The number of nitrogens with zero attached hydrogens (tertiary/aromatic N) is 2. The number of rotatable bonds is 1. The predicted molar refractivity (Wildman–Crippen MR) is 87.8 cm³/mol. The number of carbonyl (C=O) groups is 1. The third-order valence-corrected chi connectivity index (χ3v) is 6.56. The summed E-state index contributed by atoms with van der Waals surface area (Å²) >= 11 is 0. The number of piperidine rings is 2. The maximum Gasteiger partial charge on any atom is 0.134 e. The molecule has 4 unspecified atom stereocenters. The van der Waals surface area contributed by atoms with Crippen LogP contribution in [0, 0.1) is 17.8 Å². The molecule has 23 heavy (non-hydrogen) atoms. The quantitative estimate of drug-likeness (QED) is 0.866. The van der Waals surface area contributed by atoms with Crippen LogP contribution in [0.15, 0.2) is 29.3 Å². The Bertz CT molecular complexity index is 728. The van der Waals surface area contributed by atoms with E-state index in [1.54, 1.807) is 6.92 Å². The first-order valence-corrected chi connectivity index (χ1v) is 8.73. The van der Waals surface area contributed by atoms with Crippen molar-refractivity contribution in [2.24, 2.45) is 22.7 Å². The van der Waals surface area contributed by atoms with Crippen LogP contribution in [-0.4, -0.2) is 40.6 Å². The molecule has 4 fully saturated rings. The van der Waals surface area contributed by atoms with Crippen molar-refractivity contribution in [2.45, 2.75) is 37.8 Å². The Hall–Kier alpha value is -1.52. The lowest BCUT2D eigenvalue weighted by molar-refractivity contribution is -0.129. The van der Waals surface area contributed by atoms with Crippen molar-refractivity contribution in [3.63, 3.8) is 0 Å². The fraction of sp³-hybridized carbons (Fsp3) is 0.579. The molecule has 4 nitrogen and oxygen atoms in total. The summed E-state index contributed by atoms with van der Waals surface area (Å²) in [4.78, 5) is 19.5. The molecule has 1 aromatic rings. The molecule has 1 N–H and O–H groups in total. The molecule has 0 spiro atoms. The summed E-state index contributed by atoms with van der Waals surface area (Å²) in [6.45, 7) is 3.66.